The molecular formula is C29H34N4O4. The molecule has 1 heterocycles. The number of para-hydroxylation sites is 1. The lowest BCUT2D eigenvalue weighted by Gasteiger charge is -2.37. The highest BCUT2D eigenvalue weighted by Gasteiger charge is 2.28. The fourth-order valence-electron chi connectivity index (χ4n) is 4.41. The van der Waals surface area contributed by atoms with Gasteiger partial charge in [-0.05, 0) is 35.6 Å². The van der Waals surface area contributed by atoms with Crippen LogP contribution in [-0.2, 0) is 17.9 Å². The molecular weight excluding hydrogens is 468 g/mol. The van der Waals surface area contributed by atoms with E-state index in [1.54, 1.807) is 5.01 Å². The number of hydrogen-bond donors (Lipinski definition) is 3. The van der Waals surface area contributed by atoms with E-state index in [0.29, 0.717) is 6.54 Å². The summed E-state index contributed by atoms with van der Waals surface area (Å²) in [6, 6.07) is 24.9. The molecule has 1 saturated heterocycles. The van der Waals surface area contributed by atoms with Crippen molar-refractivity contribution >= 4 is 17.8 Å². The number of carbonyl (C=O) groups is 2. The Kier molecular flexibility index (Phi) is 9.51. The molecule has 1 fully saturated rings. The average Bonchev–Trinajstić information content (AvgIpc) is 2.96. The first-order valence-electron chi connectivity index (χ1n) is 12.7. The molecule has 1 aliphatic rings. The Morgan fingerprint density at radius 1 is 0.865 bits per heavy atom. The van der Waals surface area contributed by atoms with E-state index < -0.39 is 6.09 Å². The molecule has 8 heteroatoms. The molecule has 3 aromatic rings. The number of urea groups is 1. The summed E-state index contributed by atoms with van der Waals surface area (Å²) >= 11 is 0. The molecule has 0 spiro atoms. The second kappa shape index (κ2) is 13.4. The second-order valence-electron chi connectivity index (χ2n) is 8.91. The van der Waals surface area contributed by atoms with E-state index in [9.17, 15) is 14.7 Å². The van der Waals surface area contributed by atoms with E-state index in [0.717, 1.165) is 60.3 Å². The zero-order valence-electron chi connectivity index (χ0n) is 20.9. The summed E-state index contributed by atoms with van der Waals surface area (Å²) in [5, 5.41) is 18.4. The summed E-state index contributed by atoms with van der Waals surface area (Å²) in [7, 11) is 0. The van der Waals surface area contributed by atoms with Crippen LogP contribution in [0.25, 0.3) is 11.1 Å². The highest BCUT2D eigenvalue weighted by Crippen LogP contribution is 2.33. The third kappa shape index (κ3) is 7.31. The van der Waals surface area contributed by atoms with Gasteiger partial charge in [0.15, 0.2) is 0 Å². The molecule has 0 saturated carbocycles. The average molecular weight is 503 g/mol. The van der Waals surface area contributed by atoms with E-state index in [1.807, 2.05) is 83.9 Å². The topological polar surface area (TPSA) is 94.1 Å². The summed E-state index contributed by atoms with van der Waals surface area (Å²) in [6.45, 7) is 2.06. The van der Waals surface area contributed by atoms with Gasteiger partial charge in [0, 0.05) is 25.2 Å². The van der Waals surface area contributed by atoms with Crippen molar-refractivity contribution in [3.63, 3.8) is 0 Å². The van der Waals surface area contributed by atoms with Crippen LogP contribution in [0, 0.1) is 0 Å². The molecule has 0 atom stereocenters. The van der Waals surface area contributed by atoms with Crippen LogP contribution in [0.1, 0.15) is 30.4 Å². The van der Waals surface area contributed by atoms with Gasteiger partial charge in [0.1, 0.15) is 6.61 Å². The number of ether oxygens (including phenoxy) is 1. The minimum Gasteiger partial charge on any atom is -0.446 e. The van der Waals surface area contributed by atoms with Crippen LogP contribution in [0.3, 0.4) is 0 Å². The predicted octanol–water partition coefficient (Wildman–Crippen LogP) is 4.69. The number of rotatable bonds is 9. The Bertz CT molecular complexity index is 1170. The number of hydrogen-bond acceptors (Lipinski definition) is 5. The van der Waals surface area contributed by atoms with E-state index >= 15 is 0 Å². The van der Waals surface area contributed by atoms with Crippen molar-refractivity contribution in [3.8, 4) is 11.1 Å². The number of aliphatic hydroxyl groups is 1. The van der Waals surface area contributed by atoms with Crippen molar-refractivity contribution in [2.45, 2.75) is 32.4 Å². The van der Waals surface area contributed by atoms with Gasteiger partial charge < -0.3 is 20.5 Å². The first-order chi connectivity index (χ1) is 18.2. The van der Waals surface area contributed by atoms with E-state index in [4.69, 9.17) is 4.74 Å². The van der Waals surface area contributed by atoms with Gasteiger partial charge in [-0.3, -0.25) is 0 Å². The van der Waals surface area contributed by atoms with Crippen molar-refractivity contribution in [1.82, 2.24) is 15.6 Å². The fraction of sp³-hybridized carbons (Fsp3) is 0.310. The van der Waals surface area contributed by atoms with Gasteiger partial charge in [-0.25, -0.2) is 19.6 Å². The van der Waals surface area contributed by atoms with Crippen LogP contribution >= 0.6 is 0 Å². The molecule has 3 N–H and O–H groups in total. The molecule has 1 aliphatic heterocycles. The van der Waals surface area contributed by atoms with Crippen LogP contribution in [-0.4, -0.2) is 48.5 Å². The van der Waals surface area contributed by atoms with Gasteiger partial charge >= 0.3 is 12.1 Å². The summed E-state index contributed by atoms with van der Waals surface area (Å²) in [5.41, 5.74) is 4.43. The highest BCUT2D eigenvalue weighted by molar-refractivity contribution is 5.93. The summed E-state index contributed by atoms with van der Waals surface area (Å²) in [5.74, 6) is 0. The molecule has 0 bridgehead atoms. The number of amides is 3. The third-order valence-electron chi connectivity index (χ3n) is 6.25. The zero-order chi connectivity index (χ0) is 25.9. The van der Waals surface area contributed by atoms with Gasteiger partial charge in [0.25, 0.3) is 0 Å². The molecule has 0 radical (unpaired) electrons. The second-order valence-corrected chi connectivity index (χ2v) is 8.91. The number of nitrogens with zero attached hydrogens (tertiary/aromatic N) is 2. The lowest BCUT2D eigenvalue weighted by molar-refractivity contribution is 0.122. The van der Waals surface area contributed by atoms with Crippen molar-refractivity contribution in [3.05, 3.63) is 90.0 Å². The van der Waals surface area contributed by atoms with Crippen LogP contribution in [0.15, 0.2) is 78.9 Å². The number of benzene rings is 3. The van der Waals surface area contributed by atoms with Crippen LogP contribution in [0.4, 0.5) is 15.3 Å². The number of aliphatic hydroxyl groups excluding tert-OH is 1. The van der Waals surface area contributed by atoms with Gasteiger partial charge in [0.05, 0.1) is 18.8 Å². The predicted molar refractivity (Wildman–Crippen MR) is 144 cm³/mol. The lowest BCUT2D eigenvalue weighted by atomic mass is 10.0. The Hall–Kier alpha value is -3.88. The van der Waals surface area contributed by atoms with Crippen LogP contribution < -0.4 is 15.6 Å². The molecule has 37 heavy (non-hydrogen) atoms. The van der Waals surface area contributed by atoms with Gasteiger partial charge in [-0.15, -0.1) is 0 Å². The Labute approximate surface area is 217 Å². The molecule has 3 aromatic carbocycles. The minimum absolute atomic E-state index is 0.0457. The van der Waals surface area contributed by atoms with E-state index in [-0.39, 0.29) is 25.8 Å². The van der Waals surface area contributed by atoms with E-state index in [1.165, 1.54) is 0 Å². The SMILES string of the molecule is O=C(NCCOC(=O)N(c1ccccc1-c1ccccc1)N1CCCCC1)NCc1cccc(CO)c1. The first kappa shape index (κ1) is 26.2. The van der Waals surface area contributed by atoms with Crippen molar-refractivity contribution < 1.29 is 19.4 Å². The van der Waals surface area contributed by atoms with Gasteiger partial charge in [0.2, 0.25) is 0 Å². The maximum absolute atomic E-state index is 13.4. The summed E-state index contributed by atoms with van der Waals surface area (Å²) < 4.78 is 5.62. The van der Waals surface area contributed by atoms with Crippen LogP contribution in [0.5, 0.6) is 0 Å². The molecule has 4 rings (SSSR count). The number of nitrogens with one attached hydrogen (secondary N) is 2. The zero-order valence-corrected chi connectivity index (χ0v) is 20.9. The van der Waals surface area contributed by atoms with E-state index in [2.05, 4.69) is 10.6 Å². The number of carbonyl (C=O) groups excluding carboxylic acids is 2. The maximum Gasteiger partial charge on any atom is 0.429 e. The molecule has 3 amide bonds. The Morgan fingerprint density at radius 3 is 2.38 bits per heavy atom. The van der Waals surface area contributed by atoms with Crippen molar-refractivity contribution in [1.29, 1.82) is 0 Å². The smallest absolute Gasteiger partial charge is 0.429 e. The van der Waals surface area contributed by atoms with Crippen molar-refractivity contribution in [2.24, 2.45) is 0 Å². The molecule has 0 aliphatic carbocycles. The molecule has 8 nitrogen and oxygen atoms in total. The summed E-state index contributed by atoms with van der Waals surface area (Å²) in [6.07, 6.45) is 2.71. The number of hydrazine groups is 1. The minimum atomic E-state index is -0.465. The normalized spacial score (nSPS) is 13.5. The highest BCUT2D eigenvalue weighted by atomic mass is 16.6. The Morgan fingerprint density at radius 2 is 1.59 bits per heavy atom. The van der Waals surface area contributed by atoms with Gasteiger partial charge in [-0.1, -0.05) is 79.2 Å². The fourth-order valence-corrected chi connectivity index (χ4v) is 4.41. The van der Waals surface area contributed by atoms with Gasteiger partial charge in [-0.2, -0.15) is 0 Å². The summed E-state index contributed by atoms with van der Waals surface area (Å²) in [4.78, 5) is 25.5. The number of piperidine rings is 1. The lowest BCUT2D eigenvalue weighted by Crippen LogP contribution is -2.50. The monoisotopic (exact) mass is 502 g/mol. The maximum atomic E-state index is 13.4. The first-order valence-corrected chi connectivity index (χ1v) is 12.7. The third-order valence-corrected chi connectivity index (χ3v) is 6.25. The van der Waals surface area contributed by atoms with Crippen molar-refractivity contribution in [2.75, 3.05) is 31.3 Å². The quantitative estimate of drug-likeness (QED) is 0.369. The number of anilines is 1. The molecule has 0 aromatic heterocycles. The standard InChI is InChI=1S/C29H34N4O4/c34-22-24-11-9-10-23(20-24)21-31-28(35)30-16-19-37-29(36)33(32-17-7-2-8-18-32)27-15-6-5-14-26(27)25-12-3-1-4-13-25/h1,3-6,9-15,20,34H,2,7-8,16-19,21-22H2,(H2,30,31,35). The Balaban J connectivity index is 1.36. The molecule has 0 unspecified atom stereocenters. The largest absolute Gasteiger partial charge is 0.446 e. The van der Waals surface area contributed by atoms with Crippen LogP contribution in [0.2, 0.25) is 0 Å². The molecule has 194 valence electrons.